The number of hydrogen-bond acceptors (Lipinski definition) is 4. The Hall–Kier alpha value is -1.81. The molecule has 2 rings (SSSR count). The summed E-state index contributed by atoms with van der Waals surface area (Å²) in [6.07, 6.45) is -2.28. The zero-order valence-electron chi connectivity index (χ0n) is 15.5. The van der Waals surface area contributed by atoms with E-state index in [9.17, 15) is 26.4 Å². The molecular formula is C17H24F3N3O3S. The van der Waals surface area contributed by atoms with Gasteiger partial charge in [-0.1, -0.05) is 6.07 Å². The highest BCUT2D eigenvalue weighted by atomic mass is 32.2. The number of nitrogens with zero attached hydrogens (tertiary/aromatic N) is 2. The van der Waals surface area contributed by atoms with Crippen LogP contribution in [0.25, 0.3) is 0 Å². The fourth-order valence-corrected chi connectivity index (χ4v) is 4.27. The zero-order valence-corrected chi connectivity index (χ0v) is 16.3. The van der Waals surface area contributed by atoms with E-state index in [1.807, 2.05) is 7.05 Å². The number of amides is 1. The van der Waals surface area contributed by atoms with Crippen LogP contribution >= 0.6 is 0 Å². The number of piperidine rings is 1. The second kappa shape index (κ2) is 8.05. The molecule has 0 aliphatic carbocycles. The van der Waals surface area contributed by atoms with Crippen LogP contribution in [0.1, 0.15) is 25.3 Å². The van der Waals surface area contributed by atoms with Crippen molar-refractivity contribution in [3.05, 3.63) is 29.8 Å². The third-order valence-electron chi connectivity index (χ3n) is 4.58. The molecule has 1 N–H and O–H groups in total. The first-order valence-electron chi connectivity index (χ1n) is 8.55. The van der Waals surface area contributed by atoms with E-state index in [1.165, 1.54) is 13.0 Å². The molecule has 27 heavy (non-hydrogen) atoms. The molecule has 1 amide bonds. The van der Waals surface area contributed by atoms with Crippen molar-refractivity contribution < 1.29 is 26.4 Å². The summed E-state index contributed by atoms with van der Waals surface area (Å²) in [5.74, 6) is -0.535. The molecule has 6 nitrogen and oxygen atoms in total. The fourth-order valence-electron chi connectivity index (χ4n) is 3.10. The Balaban J connectivity index is 2.25. The van der Waals surface area contributed by atoms with Gasteiger partial charge in [0.1, 0.15) is 6.04 Å². The number of hydrogen-bond donors (Lipinski definition) is 1. The summed E-state index contributed by atoms with van der Waals surface area (Å²) in [6, 6.07) is 2.70. The molecule has 1 fully saturated rings. The van der Waals surface area contributed by atoms with Gasteiger partial charge in [0.2, 0.25) is 15.9 Å². The number of carbonyl (C=O) groups excluding carboxylic acids is 1. The van der Waals surface area contributed by atoms with Crippen molar-refractivity contribution in [3.8, 4) is 0 Å². The van der Waals surface area contributed by atoms with Crippen LogP contribution in [0.2, 0.25) is 0 Å². The molecule has 0 radical (unpaired) electrons. The van der Waals surface area contributed by atoms with E-state index in [1.54, 1.807) is 0 Å². The summed E-state index contributed by atoms with van der Waals surface area (Å²) >= 11 is 0. The summed E-state index contributed by atoms with van der Waals surface area (Å²) in [5.41, 5.74) is -1.17. The highest BCUT2D eigenvalue weighted by Crippen LogP contribution is 2.32. The van der Waals surface area contributed by atoms with E-state index in [0.29, 0.717) is 0 Å². The summed E-state index contributed by atoms with van der Waals surface area (Å²) < 4.78 is 64.1. The minimum atomic E-state index is -4.61. The number of benzene rings is 1. The van der Waals surface area contributed by atoms with E-state index in [4.69, 9.17) is 0 Å². The van der Waals surface area contributed by atoms with Crippen LogP contribution in [0, 0.1) is 0 Å². The van der Waals surface area contributed by atoms with Crippen LogP contribution in [-0.2, 0) is 21.0 Å². The predicted molar refractivity (Wildman–Crippen MR) is 96.9 cm³/mol. The number of carbonyl (C=O) groups is 1. The first kappa shape index (κ1) is 21.5. The molecule has 152 valence electrons. The van der Waals surface area contributed by atoms with Crippen LogP contribution in [0.5, 0.6) is 0 Å². The lowest BCUT2D eigenvalue weighted by Crippen LogP contribution is -2.52. The van der Waals surface area contributed by atoms with Crippen LogP contribution in [0.4, 0.5) is 18.9 Å². The van der Waals surface area contributed by atoms with E-state index in [2.05, 4.69) is 10.2 Å². The van der Waals surface area contributed by atoms with E-state index >= 15 is 0 Å². The molecule has 0 bridgehead atoms. The average molecular weight is 407 g/mol. The van der Waals surface area contributed by atoms with Crippen molar-refractivity contribution in [1.29, 1.82) is 0 Å². The Kier molecular flexibility index (Phi) is 6.41. The first-order valence-corrected chi connectivity index (χ1v) is 10.4. The molecular weight excluding hydrogens is 383 g/mol. The molecule has 10 heteroatoms. The standard InChI is InChI=1S/C17H24F3N3O3S/c1-12(16(24)21-14-7-9-22(2)10-8-14)23(27(3,25)26)15-6-4-5-13(11-15)17(18,19)20/h4-6,11-12,14H,7-10H2,1-3H3,(H,21,24)/t12-/m1/s1. The lowest BCUT2D eigenvalue weighted by Gasteiger charge is -2.33. The van der Waals surface area contributed by atoms with Gasteiger partial charge in [0.05, 0.1) is 17.5 Å². The van der Waals surface area contributed by atoms with E-state index in [-0.39, 0.29) is 11.7 Å². The predicted octanol–water partition coefficient (Wildman–Crippen LogP) is 2.07. The van der Waals surface area contributed by atoms with Crippen LogP contribution in [0.3, 0.4) is 0 Å². The van der Waals surface area contributed by atoms with Gasteiger partial charge in [-0.2, -0.15) is 13.2 Å². The van der Waals surface area contributed by atoms with Gasteiger partial charge < -0.3 is 10.2 Å². The maximum absolute atomic E-state index is 13.0. The van der Waals surface area contributed by atoms with Gasteiger partial charge in [0, 0.05) is 6.04 Å². The number of anilines is 1. The van der Waals surface area contributed by atoms with Gasteiger partial charge in [-0.3, -0.25) is 9.10 Å². The molecule has 0 unspecified atom stereocenters. The van der Waals surface area contributed by atoms with Crippen molar-refractivity contribution in [1.82, 2.24) is 10.2 Å². The number of alkyl halides is 3. The first-order chi connectivity index (χ1) is 12.4. The lowest BCUT2D eigenvalue weighted by atomic mass is 10.1. The van der Waals surface area contributed by atoms with Crippen molar-refractivity contribution in [2.24, 2.45) is 0 Å². The third kappa shape index (κ3) is 5.58. The SMILES string of the molecule is C[C@H](C(=O)NC1CCN(C)CC1)N(c1cccc(C(F)(F)F)c1)S(C)(=O)=O. The minimum Gasteiger partial charge on any atom is -0.351 e. The molecule has 1 atom stereocenters. The largest absolute Gasteiger partial charge is 0.416 e. The molecule has 0 aromatic heterocycles. The topological polar surface area (TPSA) is 69.7 Å². The number of sulfonamides is 1. The average Bonchev–Trinajstić information content (AvgIpc) is 2.55. The second-order valence-electron chi connectivity index (χ2n) is 6.87. The van der Waals surface area contributed by atoms with Gasteiger partial charge in [-0.25, -0.2) is 8.42 Å². The van der Waals surface area contributed by atoms with Gasteiger partial charge >= 0.3 is 6.18 Å². The van der Waals surface area contributed by atoms with Crippen molar-refractivity contribution in [2.45, 2.75) is 38.0 Å². The molecule has 1 aromatic carbocycles. The quantitative estimate of drug-likeness (QED) is 0.811. The molecule has 1 aliphatic rings. The van der Waals surface area contributed by atoms with Gasteiger partial charge in [-0.05, 0) is 58.1 Å². The summed E-state index contributed by atoms with van der Waals surface area (Å²) in [6.45, 7) is 2.98. The summed E-state index contributed by atoms with van der Waals surface area (Å²) in [7, 11) is -2.01. The molecule has 1 heterocycles. The number of likely N-dealkylation sites (tertiary alicyclic amines) is 1. The Morgan fingerprint density at radius 2 is 1.89 bits per heavy atom. The van der Waals surface area contributed by atoms with Crippen LogP contribution < -0.4 is 9.62 Å². The third-order valence-corrected chi connectivity index (χ3v) is 5.82. The summed E-state index contributed by atoms with van der Waals surface area (Å²) in [4.78, 5) is 14.7. The second-order valence-corrected chi connectivity index (χ2v) is 8.73. The van der Waals surface area contributed by atoms with E-state index < -0.39 is 33.7 Å². The van der Waals surface area contributed by atoms with Crippen molar-refractivity contribution in [2.75, 3.05) is 30.7 Å². The van der Waals surface area contributed by atoms with Crippen molar-refractivity contribution >= 4 is 21.6 Å². The summed E-state index contributed by atoms with van der Waals surface area (Å²) in [5, 5.41) is 2.81. The highest BCUT2D eigenvalue weighted by Gasteiger charge is 2.34. The number of nitrogens with one attached hydrogen (secondary N) is 1. The lowest BCUT2D eigenvalue weighted by molar-refractivity contribution is -0.137. The Labute approximate surface area is 157 Å². The maximum Gasteiger partial charge on any atom is 0.416 e. The normalized spacial score (nSPS) is 18.1. The molecule has 1 aliphatic heterocycles. The van der Waals surface area contributed by atoms with Gasteiger partial charge in [0.15, 0.2) is 0 Å². The fraction of sp³-hybridized carbons (Fsp3) is 0.588. The van der Waals surface area contributed by atoms with Gasteiger partial charge in [0.25, 0.3) is 0 Å². The highest BCUT2D eigenvalue weighted by molar-refractivity contribution is 7.92. The monoisotopic (exact) mass is 407 g/mol. The van der Waals surface area contributed by atoms with E-state index in [0.717, 1.165) is 54.7 Å². The van der Waals surface area contributed by atoms with Crippen molar-refractivity contribution in [3.63, 3.8) is 0 Å². The van der Waals surface area contributed by atoms with Crippen LogP contribution in [-0.4, -0.2) is 57.7 Å². The molecule has 1 saturated heterocycles. The zero-order chi connectivity index (χ0) is 20.4. The molecule has 0 spiro atoms. The smallest absolute Gasteiger partial charge is 0.351 e. The number of rotatable bonds is 5. The maximum atomic E-state index is 13.0. The molecule has 0 saturated carbocycles. The Bertz CT molecular complexity index is 775. The Morgan fingerprint density at radius 3 is 2.41 bits per heavy atom. The van der Waals surface area contributed by atoms with Gasteiger partial charge in [-0.15, -0.1) is 0 Å². The Morgan fingerprint density at radius 1 is 1.30 bits per heavy atom. The number of halogens is 3. The minimum absolute atomic E-state index is 0.0842. The molecule has 1 aromatic rings. The van der Waals surface area contributed by atoms with Crippen LogP contribution in [0.15, 0.2) is 24.3 Å².